The number of hydrogen-bond acceptors (Lipinski definition) is 6. The number of piperazine rings is 1. The summed E-state index contributed by atoms with van der Waals surface area (Å²) in [6.45, 7) is 6.36. The number of aromatic nitrogens is 3. The summed E-state index contributed by atoms with van der Waals surface area (Å²) < 4.78 is 1.63. The van der Waals surface area contributed by atoms with Crippen molar-refractivity contribution in [3.8, 4) is 12.3 Å². The lowest BCUT2D eigenvalue weighted by molar-refractivity contribution is 0.313. The van der Waals surface area contributed by atoms with Crippen LogP contribution in [0.15, 0.2) is 47.4 Å². The van der Waals surface area contributed by atoms with Crippen LogP contribution in [-0.4, -0.2) is 52.7 Å². The number of likely N-dealkylation sites (N-methyl/N-ethyl adjacent to an activating group) is 1. The molecule has 1 N–H and O–H groups in total. The number of benzene rings is 1. The third kappa shape index (κ3) is 5.35. The number of hydrogen-bond donors (Lipinski definition) is 1. The fraction of sp³-hybridized carbons (Fsp3) is 0.423. The maximum absolute atomic E-state index is 12.7. The number of nitrogens with one attached hydrogen (secondary N) is 1. The number of fused-ring (bicyclic) bond motifs is 1. The summed E-state index contributed by atoms with van der Waals surface area (Å²) in [6.07, 6.45) is 11.5. The van der Waals surface area contributed by atoms with Gasteiger partial charge >= 0.3 is 0 Å². The first kappa shape index (κ1) is 22.8. The number of nitrogens with zero attached hydrogens (tertiary/aromatic N) is 5. The molecule has 1 aliphatic heterocycles. The Hall–Kier alpha value is -3.37. The van der Waals surface area contributed by atoms with Gasteiger partial charge in [0, 0.05) is 55.2 Å². The molecule has 7 nitrogen and oxygen atoms in total. The molecule has 0 saturated carbocycles. The SMILES string of the molecule is C#CC(CCCCC)n1c(=O)ccc2cnc(Nc3ccc(N4CCN(C)CC4)cc3)nc21. The summed E-state index contributed by atoms with van der Waals surface area (Å²) in [6, 6.07) is 11.3. The lowest BCUT2D eigenvalue weighted by Crippen LogP contribution is -2.44. The Morgan fingerprint density at radius 1 is 1.09 bits per heavy atom. The summed E-state index contributed by atoms with van der Waals surface area (Å²) in [7, 11) is 2.16. The van der Waals surface area contributed by atoms with E-state index in [4.69, 9.17) is 6.42 Å². The summed E-state index contributed by atoms with van der Waals surface area (Å²) >= 11 is 0. The molecule has 1 fully saturated rings. The molecule has 1 aromatic carbocycles. The van der Waals surface area contributed by atoms with E-state index in [2.05, 4.69) is 57.1 Å². The number of unbranched alkanes of at least 4 members (excludes halogenated alkanes) is 2. The summed E-state index contributed by atoms with van der Waals surface area (Å²) in [5.74, 6) is 3.24. The molecule has 2 aromatic heterocycles. The van der Waals surface area contributed by atoms with Gasteiger partial charge in [-0.05, 0) is 43.8 Å². The fourth-order valence-corrected chi connectivity index (χ4v) is 4.22. The van der Waals surface area contributed by atoms with Gasteiger partial charge in [0.05, 0.1) is 6.04 Å². The summed E-state index contributed by atoms with van der Waals surface area (Å²) in [4.78, 5) is 26.6. The highest BCUT2D eigenvalue weighted by atomic mass is 16.1. The second-order valence-electron chi connectivity index (χ2n) is 8.65. The van der Waals surface area contributed by atoms with E-state index < -0.39 is 0 Å². The normalized spacial score (nSPS) is 15.4. The monoisotopic (exact) mass is 444 g/mol. The molecule has 0 radical (unpaired) electrons. The van der Waals surface area contributed by atoms with Crippen molar-refractivity contribution in [2.24, 2.45) is 0 Å². The van der Waals surface area contributed by atoms with Crippen molar-refractivity contribution >= 4 is 28.4 Å². The number of terminal acetylenes is 1. The zero-order valence-electron chi connectivity index (χ0n) is 19.5. The molecule has 0 aliphatic carbocycles. The molecule has 1 atom stereocenters. The van der Waals surface area contributed by atoms with Crippen LogP contribution in [0.25, 0.3) is 11.0 Å². The van der Waals surface area contributed by atoms with Crippen LogP contribution in [0.3, 0.4) is 0 Å². The second kappa shape index (κ2) is 10.5. The second-order valence-corrected chi connectivity index (χ2v) is 8.65. The average molecular weight is 445 g/mol. The Bertz CT molecular complexity index is 1170. The Labute approximate surface area is 195 Å². The van der Waals surface area contributed by atoms with Crippen LogP contribution < -0.4 is 15.8 Å². The van der Waals surface area contributed by atoms with Crippen molar-refractivity contribution in [3.05, 3.63) is 52.9 Å². The van der Waals surface area contributed by atoms with Crippen molar-refractivity contribution in [2.75, 3.05) is 43.4 Å². The Morgan fingerprint density at radius 2 is 1.85 bits per heavy atom. The van der Waals surface area contributed by atoms with E-state index in [1.54, 1.807) is 22.9 Å². The summed E-state index contributed by atoms with van der Waals surface area (Å²) in [5, 5.41) is 4.07. The van der Waals surface area contributed by atoms with Crippen LogP contribution in [0, 0.1) is 12.3 Å². The molecule has 0 amide bonds. The first-order chi connectivity index (χ1) is 16.1. The molecular weight excluding hydrogens is 412 g/mol. The van der Waals surface area contributed by atoms with Crippen LogP contribution in [0.1, 0.15) is 38.6 Å². The van der Waals surface area contributed by atoms with Gasteiger partial charge in [-0.15, -0.1) is 6.42 Å². The molecule has 3 heterocycles. The lowest BCUT2D eigenvalue weighted by atomic mass is 10.1. The highest BCUT2D eigenvalue weighted by Crippen LogP contribution is 2.23. The molecule has 33 heavy (non-hydrogen) atoms. The lowest BCUT2D eigenvalue weighted by Gasteiger charge is -2.34. The third-order valence-electron chi connectivity index (χ3n) is 6.24. The van der Waals surface area contributed by atoms with Crippen LogP contribution in [0.2, 0.25) is 0 Å². The van der Waals surface area contributed by atoms with Crippen LogP contribution in [0.4, 0.5) is 17.3 Å². The van der Waals surface area contributed by atoms with E-state index in [1.807, 2.05) is 12.1 Å². The molecule has 3 aromatic rings. The highest BCUT2D eigenvalue weighted by Gasteiger charge is 2.16. The highest BCUT2D eigenvalue weighted by molar-refractivity contribution is 5.76. The topological polar surface area (TPSA) is 66.3 Å². The van der Waals surface area contributed by atoms with E-state index >= 15 is 0 Å². The van der Waals surface area contributed by atoms with Crippen LogP contribution >= 0.6 is 0 Å². The molecular formula is C26H32N6O. The number of pyridine rings is 1. The van der Waals surface area contributed by atoms with Gasteiger partial charge in [-0.2, -0.15) is 4.98 Å². The maximum atomic E-state index is 12.7. The fourth-order valence-electron chi connectivity index (χ4n) is 4.22. The average Bonchev–Trinajstić information content (AvgIpc) is 2.83. The molecule has 4 rings (SSSR count). The van der Waals surface area contributed by atoms with Gasteiger partial charge in [-0.25, -0.2) is 4.98 Å². The first-order valence-electron chi connectivity index (χ1n) is 11.7. The largest absolute Gasteiger partial charge is 0.369 e. The third-order valence-corrected chi connectivity index (χ3v) is 6.24. The van der Waals surface area contributed by atoms with Crippen molar-refractivity contribution in [1.82, 2.24) is 19.4 Å². The van der Waals surface area contributed by atoms with E-state index in [0.717, 1.165) is 62.9 Å². The molecule has 172 valence electrons. The van der Waals surface area contributed by atoms with Gasteiger partial charge in [0.25, 0.3) is 5.56 Å². The predicted octanol–water partition coefficient (Wildman–Crippen LogP) is 4.04. The molecule has 1 saturated heterocycles. The van der Waals surface area contributed by atoms with Crippen molar-refractivity contribution < 1.29 is 0 Å². The van der Waals surface area contributed by atoms with E-state index in [9.17, 15) is 4.79 Å². The molecule has 0 bridgehead atoms. The van der Waals surface area contributed by atoms with Crippen molar-refractivity contribution in [1.29, 1.82) is 0 Å². The number of anilines is 3. The van der Waals surface area contributed by atoms with Crippen LogP contribution in [0.5, 0.6) is 0 Å². The minimum Gasteiger partial charge on any atom is -0.369 e. The van der Waals surface area contributed by atoms with Crippen molar-refractivity contribution in [3.63, 3.8) is 0 Å². The smallest absolute Gasteiger partial charge is 0.253 e. The minimum atomic E-state index is -0.321. The molecule has 0 spiro atoms. The van der Waals surface area contributed by atoms with E-state index in [-0.39, 0.29) is 11.6 Å². The molecule has 7 heteroatoms. The Kier molecular flexibility index (Phi) is 7.26. The molecule has 1 unspecified atom stereocenters. The summed E-state index contributed by atoms with van der Waals surface area (Å²) in [5.41, 5.74) is 2.54. The Balaban J connectivity index is 1.56. The van der Waals surface area contributed by atoms with Gasteiger partial charge in [-0.1, -0.05) is 32.1 Å². The zero-order valence-corrected chi connectivity index (χ0v) is 19.5. The predicted molar refractivity (Wildman–Crippen MR) is 135 cm³/mol. The first-order valence-corrected chi connectivity index (χ1v) is 11.7. The molecule has 1 aliphatic rings. The van der Waals surface area contributed by atoms with Crippen molar-refractivity contribution in [2.45, 2.75) is 38.6 Å². The Morgan fingerprint density at radius 3 is 2.55 bits per heavy atom. The number of rotatable bonds is 8. The van der Waals surface area contributed by atoms with Gasteiger partial charge in [0.1, 0.15) is 5.65 Å². The quantitative estimate of drug-likeness (QED) is 0.418. The van der Waals surface area contributed by atoms with Gasteiger partial charge in [0.2, 0.25) is 5.95 Å². The van der Waals surface area contributed by atoms with Gasteiger partial charge in [-0.3, -0.25) is 9.36 Å². The minimum absolute atomic E-state index is 0.136. The van der Waals surface area contributed by atoms with Crippen LogP contribution in [-0.2, 0) is 0 Å². The zero-order chi connectivity index (χ0) is 23.2. The standard InChI is InChI=1S/C26H32N6O/c1-4-6-7-8-22(5-2)32-24(33)14-9-20-19-27-26(29-25(20)32)28-21-10-12-23(13-11-21)31-17-15-30(3)16-18-31/h2,9-14,19,22H,4,6-8,15-18H2,1,3H3,(H,27,28,29). The van der Waals surface area contributed by atoms with E-state index in [1.165, 1.54) is 5.69 Å². The van der Waals surface area contributed by atoms with E-state index in [0.29, 0.717) is 11.6 Å². The van der Waals surface area contributed by atoms with Gasteiger partial charge in [0.15, 0.2) is 0 Å². The van der Waals surface area contributed by atoms with Gasteiger partial charge < -0.3 is 15.1 Å². The maximum Gasteiger partial charge on any atom is 0.253 e.